The summed E-state index contributed by atoms with van der Waals surface area (Å²) >= 11 is 0. The average Bonchev–Trinajstić information content (AvgIpc) is 2.56. The van der Waals surface area contributed by atoms with Gasteiger partial charge in [-0.05, 0) is 49.9 Å². The lowest BCUT2D eigenvalue weighted by atomic mass is 10.0. The fraction of sp³-hybridized carbons (Fsp3) is 0.444. The summed E-state index contributed by atoms with van der Waals surface area (Å²) in [7, 11) is 0. The van der Waals surface area contributed by atoms with Crippen molar-refractivity contribution in [3.63, 3.8) is 0 Å². The van der Waals surface area contributed by atoms with Gasteiger partial charge in [0.25, 0.3) is 0 Å². The molecule has 0 aliphatic carbocycles. The molecule has 3 N–H and O–H groups in total. The number of benzene rings is 1. The Morgan fingerprint density at radius 3 is 1.87 bits per heavy atom. The third kappa shape index (κ3) is 10.3. The molecule has 0 amide bonds. The number of aryl methyl sites for hydroxylation is 1. The van der Waals surface area contributed by atoms with Gasteiger partial charge in [0.2, 0.25) is 0 Å². The maximum absolute atomic E-state index is 9.55. The van der Waals surface area contributed by atoms with Crippen LogP contribution in [-0.2, 0) is 22.4 Å². The highest BCUT2D eigenvalue weighted by Crippen LogP contribution is 2.10. The monoisotopic (exact) mass is 319 g/mol. The SMILES string of the molecule is O=C(O)/C=C\C(=O)O.c1cc2ccc1CCCCCCNCC2. The minimum absolute atomic E-state index is 0.558. The molecule has 5 nitrogen and oxygen atoms in total. The maximum Gasteiger partial charge on any atom is 0.328 e. The Hall–Kier alpha value is -2.14. The van der Waals surface area contributed by atoms with Gasteiger partial charge in [0, 0.05) is 12.2 Å². The molecule has 2 heterocycles. The molecule has 2 bridgehead atoms. The molecule has 0 fully saturated rings. The van der Waals surface area contributed by atoms with Crippen LogP contribution < -0.4 is 5.32 Å². The van der Waals surface area contributed by atoms with Gasteiger partial charge in [0.05, 0.1) is 0 Å². The van der Waals surface area contributed by atoms with Gasteiger partial charge in [-0.3, -0.25) is 0 Å². The number of aliphatic carboxylic acids is 2. The average molecular weight is 319 g/mol. The van der Waals surface area contributed by atoms with E-state index in [1.54, 1.807) is 0 Å². The summed E-state index contributed by atoms with van der Waals surface area (Å²) < 4.78 is 0. The summed E-state index contributed by atoms with van der Waals surface area (Å²) in [6, 6.07) is 9.17. The molecule has 0 aromatic heterocycles. The lowest BCUT2D eigenvalue weighted by molar-refractivity contribution is -0.134. The normalized spacial score (nSPS) is 15.7. The maximum atomic E-state index is 9.55. The van der Waals surface area contributed by atoms with E-state index in [-0.39, 0.29) is 0 Å². The zero-order valence-corrected chi connectivity index (χ0v) is 13.3. The molecule has 0 saturated carbocycles. The number of nitrogens with one attached hydrogen (secondary N) is 1. The van der Waals surface area contributed by atoms with Crippen LogP contribution in [-0.4, -0.2) is 35.2 Å². The van der Waals surface area contributed by atoms with E-state index >= 15 is 0 Å². The van der Waals surface area contributed by atoms with Gasteiger partial charge in [0.1, 0.15) is 0 Å². The molecule has 3 rings (SSSR count). The van der Waals surface area contributed by atoms with Crippen LogP contribution in [0.2, 0.25) is 0 Å². The van der Waals surface area contributed by atoms with E-state index < -0.39 is 11.9 Å². The van der Waals surface area contributed by atoms with Crippen LogP contribution in [0.15, 0.2) is 36.4 Å². The molecule has 23 heavy (non-hydrogen) atoms. The Balaban J connectivity index is 0.000000284. The van der Waals surface area contributed by atoms with Gasteiger partial charge in [-0.25, -0.2) is 9.59 Å². The second-order valence-electron chi connectivity index (χ2n) is 5.49. The second-order valence-corrected chi connectivity index (χ2v) is 5.49. The van der Waals surface area contributed by atoms with Crippen molar-refractivity contribution in [2.24, 2.45) is 0 Å². The number of hydrogen-bond donors (Lipinski definition) is 3. The molecule has 0 atom stereocenters. The Morgan fingerprint density at radius 2 is 1.30 bits per heavy atom. The Bertz CT molecular complexity index is 463. The number of carboxylic acids is 2. The molecule has 2 aliphatic heterocycles. The highest BCUT2D eigenvalue weighted by molar-refractivity contribution is 5.89. The van der Waals surface area contributed by atoms with Gasteiger partial charge in [-0.1, -0.05) is 37.1 Å². The summed E-state index contributed by atoms with van der Waals surface area (Å²) in [6.07, 6.45) is 8.98. The van der Waals surface area contributed by atoms with E-state index in [4.69, 9.17) is 10.2 Å². The summed E-state index contributed by atoms with van der Waals surface area (Å²) in [4.78, 5) is 19.1. The van der Waals surface area contributed by atoms with Crippen molar-refractivity contribution in [1.82, 2.24) is 5.32 Å². The summed E-state index contributed by atoms with van der Waals surface area (Å²) in [5, 5.41) is 19.1. The van der Waals surface area contributed by atoms with E-state index in [0.29, 0.717) is 12.2 Å². The zero-order valence-electron chi connectivity index (χ0n) is 13.3. The first-order valence-corrected chi connectivity index (χ1v) is 8.00. The second kappa shape index (κ2) is 11.4. The van der Waals surface area contributed by atoms with Crippen LogP contribution in [0, 0.1) is 0 Å². The molecule has 126 valence electrons. The Morgan fingerprint density at radius 1 is 0.783 bits per heavy atom. The molecule has 1 aromatic carbocycles. The van der Waals surface area contributed by atoms with Crippen LogP contribution >= 0.6 is 0 Å². The highest BCUT2D eigenvalue weighted by Gasteiger charge is 1.98. The van der Waals surface area contributed by atoms with Crippen molar-refractivity contribution >= 4 is 11.9 Å². The molecule has 0 spiro atoms. The largest absolute Gasteiger partial charge is 0.478 e. The molecule has 5 heteroatoms. The van der Waals surface area contributed by atoms with Crippen LogP contribution in [0.5, 0.6) is 0 Å². The predicted octanol–water partition coefficient (Wildman–Crippen LogP) is 2.65. The zero-order chi connectivity index (χ0) is 16.9. The minimum atomic E-state index is -1.26. The van der Waals surface area contributed by atoms with E-state index in [1.807, 2.05) is 0 Å². The predicted molar refractivity (Wildman–Crippen MR) is 89.6 cm³/mol. The summed E-state index contributed by atoms with van der Waals surface area (Å²) in [6.45, 7) is 2.32. The van der Waals surface area contributed by atoms with Crippen molar-refractivity contribution in [3.05, 3.63) is 47.5 Å². The molecular weight excluding hydrogens is 294 g/mol. The van der Waals surface area contributed by atoms with Crippen molar-refractivity contribution in [2.75, 3.05) is 13.1 Å². The Kier molecular flexibility index (Phi) is 9.40. The van der Waals surface area contributed by atoms with Gasteiger partial charge >= 0.3 is 11.9 Å². The third-order valence-corrected chi connectivity index (χ3v) is 3.55. The van der Waals surface area contributed by atoms with E-state index in [1.165, 1.54) is 56.2 Å². The van der Waals surface area contributed by atoms with Gasteiger partial charge in [0.15, 0.2) is 0 Å². The third-order valence-electron chi connectivity index (χ3n) is 3.55. The van der Waals surface area contributed by atoms with Crippen LogP contribution in [0.25, 0.3) is 0 Å². The number of rotatable bonds is 2. The number of carbonyl (C=O) groups is 2. The Labute approximate surface area is 137 Å². The topological polar surface area (TPSA) is 86.6 Å². The molecular formula is C18H25NO4. The van der Waals surface area contributed by atoms with E-state index in [9.17, 15) is 9.59 Å². The standard InChI is InChI=1S/C14H21N.C4H4O4/c1-2-4-11-15-12-10-14-8-6-13(5-3-1)7-9-14;5-3(6)1-2-4(7)8/h6-9,15H,1-5,10-12H2;1-2H,(H,5,6)(H,7,8)/b;2-1-. The van der Waals surface area contributed by atoms with Crippen LogP contribution in [0.4, 0.5) is 0 Å². The number of carboxylic acid groups (broad SMARTS) is 2. The van der Waals surface area contributed by atoms with Crippen molar-refractivity contribution < 1.29 is 19.8 Å². The van der Waals surface area contributed by atoms with Crippen LogP contribution in [0.1, 0.15) is 36.8 Å². The number of fused-ring (bicyclic) bond motifs is 10. The van der Waals surface area contributed by atoms with Crippen molar-refractivity contribution in [2.45, 2.75) is 38.5 Å². The van der Waals surface area contributed by atoms with Crippen molar-refractivity contribution in [3.8, 4) is 0 Å². The fourth-order valence-electron chi connectivity index (χ4n) is 2.31. The molecule has 1 aromatic rings. The van der Waals surface area contributed by atoms with Crippen molar-refractivity contribution in [1.29, 1.82) is 0 Å². The lowest BCUT2D eigenvalue weighted by Gasteiger charge is -2.04. The molecule has 2 aliphatic rings. The fourth-order valence-corrected chi connectivity index (χ4v) is 2.31. The summed E-state index contributed by atoms with van der Waals surface area (Å²) in [5.41, 5.74) is 2.97. The number of hydrogen-bond acceptors (Lipinski definition) is 3. The lowest BCUT2D eigenvalue weighted by Crippen LogP contribution is -2.18. The first kappa shape index (κ1) is 18.9. The minimum Gasteiger partial charge on any atom is -0.478 e. The van der Waals surface area contributed by atoms with Gasteiger partial charge in [-0.2, -0.15) is 0 Å². The van der Waals surface area contributed by atoms with E-state index in [2.05, 4.69) is 29.6 Å². The first-order chi connectivity index (χ1) is 11.1. The molecule has 0 unspecified atom stereocenters. The van der Waals surface area contributed by atoms with Crippen LogP contribution in [0.3, 0.4) is 0 Å². The first-order valence-electron chi connectivity index (χ1n) is 8.00. The smallest absolute Gasteiger partial charge is 0.328 e. The van der Waals surface area contributed by atoms with Gasteiger partial charge in [-0.15, -0.1) is 0 Å². The highest BCUT2D eigenvalue weighted by atomic mass is 16.4. The molecule has 0 radical (unpaired) electrons. The molecule has 0 saturated heterocycles. The quantitative estimate of drug-likeness (QED) is 0.730. The van der Waals surface area contributed by atoms with Gasteiger partial charge < -0.3 is 15.5 Å². The van der Waals surface area contributed by atoms with E-state index in [0.717, 1.165) is 6.54 Å². The summed E-state index contributed by atoms with van der Waals surface area (Å²) in [5.74, 6) is -2.51.